The molecule has 1 heterocycles. The predicted molar refractivity (Wildman–Crippen MR) is 92.9 cm³/mol. The van der Waals surface area contributed by atoms with Crippen molar-refractivity contribution in [3.8, 4) is 0 Å². The molecule has 7 nitrogen and oxygen atoms in total. The summed E-state index contributed by atoms with van der Waals surface area (Å²) in [5.41, 5.74) is 1.44. The second-order valence-corrected chi connectivity index (χ2v) is 5.74. The topological polar surface area (TPSA) is 84.9 Å². The molecule has 1 N–H and O–H groups in total. The monoisotopic (exact) mass is 354 g/mol. The van der Waals surface area contributed by atoms with Gasteiger partial charge in [-0.05, 0) is 17.7 Å². The van der Waals surface area contributed by atoms with E-state index in [2.05, 4.69) is 5.32 Å². The van der Waals surface area contributed by atoms with E-state index >= 15 is 0 Å². The number of benzene rings is 2. The van der Waals surface area contributed by atoms with Gasteiger partial charge in [0.1, 0.15) is 12.6 Å². The van der Waals surface area contributed by atoms with Crippen LogP contribution in [0.3, 0.4) is 0 Å². The Morgan fingerprint density at radius 3 is 2.42 bits per heavy atom. The molecule has 1 aliphatic heterocycles. The van der Waals surface area contributed by atoms with Gasteiger partial charge in [-0.15, -0.1) is 0 Å². The molecule has 2 amide bonds. The molecule has 0 bridgehead atoms. The number of amides is 2. The summed E-state index contributed by atoms with van der Waals surface area (Å²) in [5.74, 6) is -1.01. The lowest BCUT2D eigenvalue weighted by atomic mass is 10.2. The Balaban J connectivity index is 1.57. The zero-order valence-corrected chi connectivity index (χ0v) is 14.0. The number of hydrogen-bond donors (Lipinski definition) is 1. The fourth-order valence-corrected chi connectivity index (χ4v) is 2.53. The third-order valence-electron chi connectivity index (χ3n) is 3.87. The third-order valence-corrected chi connectivity index (χ3v) is 3.87. The first-order valence-corrected chi connectivity index (χ1v) is 8.12. The van der Waals surface area contributed by atoms with Crippen LogP contribution in [-0.4, -0.2) is 35.6 Å². The normalized spacial score (nSPS) is 16.1. The van der Waals surface area contributed by atoms with E-state index in [1.807, 2.05) is 36.4 Å². The fourth-order valence-electron chi connectivity index (χ4n) is 2.53. The van der Waals surface area contributed by atoms with E-state index in [4.69, 9.17) is 9.47 Å². The summed E-state index contributed by atoms with van der Waals surface area (Å²) >= 11 is 0. The van der Waals surface area contributed by atoms with E-state index in [0.29, 0.717) is 5.69 Å². The molecule has 2 aromatic rings. The van der Waals surface area contributed by atoms with Crippen LogP contribution in [0.4, 0.5) is 10.5 Å². The van der Waals surface area contributed by atoms with Crippen molar-refractivity contribution < 1.29 is 23.9 Å². The number of cyclic esters (lactones) is 1. The van der Waals surface area contributed by atoms with Crippen molar-refractivity contribution in [1.29, 1.82) is 0 Å². The highest BCUT2D eigenvalue weighted by molar-refractivity contribution is 5.95. The molecule has 0 saturated carbocycles. The molecule has 0 unspecified atom stereocenters. The number of carbonyl (C=O) groups is 3. The van der Waals surface area contributed by atoms with Crippen molar-refractivity contribution in [1.82, 2.24) is 4.90 Å². The maximum absolute atomic E-state index is 12.3. The van der Waals surface area contributed by atoms with Crippen LogP contribution in [-0.2, 0) is 25.7 Å². The lowest BCUT2D eigenvalue weighted by Crippen LogP contribution is -2.40. The predicted octanol–water partition coefficient (Wildman–Crippen LogP) is 2.54. The first kappa shape index (κ1) is 17.5. The van der Waals surface area contributed by atoms with Crippen molar-refractivity contribution in [2.24, 2.45) is 0 Å². The van der Waals surface area contributed by atoms with Gasteiger partial charge in [0.25, 0.3) is 0 Å². The standard InChI is InChI=1S/C19H18N2O5/c22-17(20-15-9-5-2-6-10-15)11-16-18(23)26-13-21(16)19(24)25-12-14-7-3-1-4-8-14/h1-10,16H,11-13H2,(H,20,22)/t16-/m1/s1. The molecule has 26 heavy (non-hydrogen) atoms. The first-order valence-electron chi connectivity index (χ1n) is 8.12. The van der Waals surface area contributed by atoms with Crippen LogP contribution >= 0.6 is 0 Å². The van der Waals surface area contributed by atoms with Crippen LogP contribution in [0.2, 0.25) is 0 Å². The summed E-state index contributed by atoms with van der Waals surface area (Å²) in [5, 5.41) is 2.68. The van der Waals surface area contributed by atoms with Crippen LogP contribution < -0.4 is 5.32 Å². The summed E-state index contributed by atoms with van der Waals surface area (Å²) < 4.78 is 10.1. The highest BCUT2D eigenvalue weighted by Crippen LogP contribution is 2.18. The van der Waals surface area contributed by atoms with Crippen molar-refractivity contribution in [2.75, 3.05) is 12.0 Å². The zero-order valence-electron chi connectivity index (χ0n) is 14.0. The molecule has 134 valence electrons. The van der Waals surface area contributed by atoms with Gasteiger partial charge in [0.05, 0.1) is 6.42 Å². The number of para-hydroxylation sites is 1. The van der Waals surface area contributed by atoms with E-state index < -0.39 is 18.1 Å². The van der Waals surface area contributed by atoms with Gasteiger partial charge in [0.15, 0.2) is 6.73 Å². The molecule has 0 radical (unpaired) electrons. The second-order valence-electron chi connectivity index (χ2n) is 5.74. The van der Waals surface area contributed by atoms with Crippen LogP contribution in [0.25, 0.3) is 0 Å². The van der Waals surface area contributed by atoms with Crippen molar-refractivity contribution in [2.45, 2.75) is 19.1 Å². The third kappa shape index (κ3) is 4.38. The van der Waals surface area contributed by atoms with Gasteiger partial charge in [-0.1, -0.05) is 48.5 Å². The van der Waals surface area contributed by atoms with E-state index in [-0.39, 0.29) is 25.7 Å². The molecule has 0 spiro atoms. The second kappa shape index (κ2) is 8.15. The Labute approximate surface area is 150 Å². The molecule has 3 rings (SSSR count). The van der Waals surface area contributed by atoms with Gasteiger partial charge < -0.3 is 14.8 Å². The molecule has 0 aromatic heterocycles. The largest absolute Gasteiger partial charge is 0.444 e. The minimum Gasteiger partial charge on any atom is -0.444 e. The summed E-state index contributed by atoms with van der Waals surface area (Å²) in [6.07, 6.45) is -0.897. The molecule has 1 atom stereocenters. The molecular formula is C19H18N2O5. The van der Waals surface area contributed by atoms with Crippen LogP contribution in [0.1, 0.15) is 12.0 Å². The van der Waals surface area contributed by atoms with Crippen LogP contribution in [0.5, 0.6) is 0 Å². The average molecular weight is 354 g/mol. The van der Waals surface area contributed by atoms with E-state index in [0.717, 1.165) is 10.5 Å². The van der Waals surface area contributed by atoms with Crippen LogP contribution in [0, 0.1) is 0 Å². The average Bonchev–Trinajstić information content (AvgIpc) is 3.02. The molecule has 1 fully saturated rings. The maximum atomic E-state index is 12.3. The van der Waals surface area contributed by atoms with Crippen molar-refractivity contribution in [3.05, 3.63) is 66.2 Å². The number of nitrogens with one attached hydrogen (secondary N) is 1. The molecule has 2 aromatic carbocycles. The lowest BCUT2D eigenvalue weighted by molar-refractivity contribution is -0.140. The minimum absolute atomic E-state index is 0.0767. The van der Waals surface area contributed by atoms with Crippen molar-refractivity contribution in [3.63, 3.8) is 0 Å². The minimum atomic E-state index is -0.998. The first-order chi connectivity index (χ1) is 12.6. The lowest BCUT2D eigenvalue weighted by Gasteiger charge is -2.19. The highest BCUT2D eigenvalue weighted by Gasteiger charge is 2.40. The molecule has 1 saturated heterocycles. The van der Waals surface area contributed by atoms with Gasteiger partial charge in [-0.2, -0.15) is 0 Å². The van der Waals surface area contributed by atoms with E-state index in [9.17, 15) is 14.4 Å². The number of nitrogens with zero attached hydrogens (tertiary/aromatic N) is 1. The number of ether oxygens (including phenoxy) is 2. The fraction of sp³-hybridized carbons (Fsp3) is 0.211. The summed E-state index contributed by atoms with van der Waals surface area (Å²) in [6, 6.07) is 17.0. The zero-order chi connectivity index (χ0) is 18.4. The van der Waals surface area contributed by atoms with Gasteiger partial charge in [0.2, 0.25) is 5.91 Å². The van der Waals surface area contributed by atoms with E-state index in [1.165, 1.54) is 0 Å². The quantitative estimate of drug-likeness (QED) is 0.834. The SMILES string of the molecule is O=C(C[C@@H]1C(=O)OCN1C(=O)OCc1ccccc1)Nc1ccccc1. The summed E-state index contributed by atoms with van der Waals surface area (Å²) in [6.45, 7) is -0.150. The maximum Gasteiger partial charge on any atom is 0.413 e. The summed E-state index contributed by atoms with van der Waals surface area (Å²) in [7, 11) is 0. The van der Waals surface area contributed by atoms with Gasteiger partial charge in [0, 0.05) is 5.69 Å². The number of anilines is 1. The van der Waals surface area contributed by atoms with E-state index in [1.54, 1.807) is 24.3 Å². The van der Waals surface area contributed by atoms with Crippen molar-refractivity contribution >= 4 is 23.7 Å². The molecule has 0 aliphatic carbocycles. The number of carbonyl (C=O) groups excluding carboxylic acids is 3. The molecule has 1 aliphatic rings. The smallest absolute Gasteiger partial charge is 0.413 e. The Morgan fingerprint density at radius 2 is 1.73 bits per heavy atom. The molecule has 7 heteroatoms. The Bertz CT molecular complexity index is 779. The van der Waals surface area contributed by atoms with Crippen LogP contribution in [0.15, 0.2) is 60.7 Å². The molecular weight excluding hydrogens is 336 g/mol. The Kier molecular flexibility index (Phi) is 5.48. The Hall–Kier alpha value is -3.35. The summed E-state index contributed by atoms with van der Waals surface area (Å²) in [4.78, 5) is 37.4. The van der Waals surface area contributed by atoms with Gasteiger partial charge >= 0.3 is 12.1 Å². The number of rotatable bonds is 5. The highest BCUT2D eigenvalue weighted by atomic mass is 16.6. The Morgan fingerprint density at radius 1 is 1.08 bits per heavy atom. The van der Waals surface area contributed by atoms with Gasteiger partial charge in [-0.3, -0.25) is 9.69 Å². The number of hydrogen-bond acceptors (Lipinski definition) is 5. The number of esters is 1. The van der Waals surface area contributed by atoms with Gasteiger partial charge in [-0.25, -0.2) is 9.59 Å².